The van der Waals surface area contributed by atoms with Crippen LogP contribution in [0.1, 0.15) is 25.5 Å². The van der Waals surface area contributed by atoms with Crippen molar-refractivity contribution in [3.63, 3.8) is 0 Å². The number of hydrogen-bond acceptors (Lipinski definition) is 5. The molecule has 0 radical (unpaired) electrons. The number of para-hydroxylation sites is 1. The van der Waals surface area contributed by atoms with Crippen LogP contribution in [-0.2, 0) is 20.9 Å². The standard InChI is InChI=1S/C21H19Cl2N3O4/c1-12(15-8-7-14(22)9-17(15)23)25-20(28)13(2)30-19(27)10-26-11-24-18-6-4-3-5-16(18)21(26)29/h3-9,11-13H,10H2,1-2H3,(H,25,28). The molecule has 0 aliphatic carbocycles. The molecule has 3 rings (SSSR count). The van der Waals surface area contributed by atoms with E-state index in [1.807, 2.05) is 0 Å². The molecule has 2 atom stereocenters. The summed E-state index contributed by atoms with van der Waals surface area (Å²) < 4.78 is 6.32. The van der Waals surface area contributed by atoms with Gasteiger partial charge in [0.2, 0.25) is 0 Å². The van der Waals surface area contributed by atoms with E-state index in [2.05, 4.69) is 10.3 Å². The van der Waals surface area contributed by atoms with E-state index in [1.54, 1.807) is 49.4 Å². The third-order valence-corrected chi connectivity index (χ3v) is 5.06. The summed E-state index contributed by atoms with van der Waals surface area (Å²) in [5.41, 5.74) is 0.858. The van der Waals surface area contributed by atoms with E-state index in [4.69, 9.17) is 27.9 Å². The zero-order valence-electron chi connectivity index (χ0n) is 16.3. The molecule has 1 amide bonds. The molecular formula is C21H19Cl2N3O4. The minimum atomic E-state index is -1.06. The highest BCUT2D eigenvalue weighted by Gasteiger charge is 2.21. The van der Waals surface area contributed by atoms with Gasteiger partial charge in [-0.25, -0.2) is 4.98 Å². The number of nitrogens with one attached hydrogen (secondary N) is 1. The minimum absolute atomic E-state index is 0.354. The van der Waals surface area contributed by atoms with Crippen LogP contribution in [0.5, 0.6) is 0 Å². The topological polar surface area (TPSA) is 90.3 Å². The van der Waals surface area contributed by atoms with Crippen molar-refractivity contribution in [1.29, 1.82) is 0 Å². The molecule has 1 aromatic heterocycles. The lowest BCUT2D eigenvalue weighted by Crippen LogP contribution is -2.38. The second kappa shape index (κ2) is 9.28. The van der Waals surface area contributed by atoms with Gasteiger partial charge in [0.15, 0.2) is 6.10 Å². The molecule has 0 saturated carbocycles. The Morgan fingerprint density at radius 3 is 2.63 bits per heavy atom. The van der Waals surface area contributed by atoms with Gasteiger partial charge in [-0.15, -0.1) is 0 Å². The number of ether oxygens (including phenoxy) is 1. The van der Waals surface area contributed by atoms with Crippen LogP contribution in [0.25, 0.3) is 10.9 Å². The lowest BCUT2D eigenvalue weighted by molar-refractivity contribution is -0.155. The van der Waals surface area contributed by atoms with E-state index in [0.29, 0.717) is 26.5 Å². The number of hydrogen-bond donors (Lipinski definition) is 1. The molecule has 0 saturated heterocycles. The Morgan fingerprint density at radius 2 is 1.90 bits per heavy atom. The summed E-state index contributed by atoms with van der Waals surface area (Å²) in [7, 11) is 0. The highest BCUT2D eigenvalue weighted by atomic mass is 35.5. The quantitative estimate of drug-likeness (QED) is 0.583. The Balaban J connectivity index is 1.62. The number of rotatable bonds is 6. The highest BCUT2D eigenvalue weighted by Crippen LogP contribution is 2.26. The molecule has 9 heteroatoms. The van der Waals surface area contributed by atoms with Crippen molar-refractivity contribution >= 4 is 46.0 Å². The number of benzene rings is 2. The molecule has 30 heavy (non-hydrogen) atoms. The van der Waals surface area contributed by atoms with Gasteiger partial charge in [0, 0.05) is 10.0 Å². The molecule has 0 aliphatic rings. The molecule has 156 valence electrons. The molecule has 1 heterocycles. The molecule has 2 unspecified atom stereocenters. The molecular weight excluding hydrogens is 429 g/mol. The second-order valence-corrected chi connectivity index (χ2v) is 7.57. The van der Waals surface area contributed by atoms with Crippen LogP contribution in [0.3, 0.4) is 0 Å². The Hall–Kier alpha value is -2.90. The van der Waals surface area contributed by atoms with Gasteiger partial charge >= 0.3 is 5.97 Å². The van der Waals surface area contributed by atoms with Crippen molar-refractivity contribution in [3.05, 3.63) is 74.8 Å². The van der Waals surface area contributed by atoms with Gasteiger partial charge in [0.1, 0.15) is 6.54 Å². The van der Waals surface area contributed by atoms with Crippen LogP contribution in [-0.4, -0.2) is 27.5 Å². The molecule has 0 fully saturated rings. The average Bonchev–Trinajstić information content (AvgIpc) is 2.70. The smallest absolute Gasteiger partial charge is 0.326 e. The second-order valence-electron chi connectivity index (χ2n) is 6.72. The van der Waals surface area contributed by atoms with Crippen molar-refractivity contribution in [2.45, 2.75) is 32.5 Å². The van der Waals surface area contributed by atoms with E-state index < -0.39 is 24.0 Å². The Labute approximate surface area is 182 Å². The summed E-state index contributed by atoms with van der Waals surface area (Å²) in [4.78, 5) is 41.2. The molecule has 3 aromatic rings. The molecule has 0 bridgehead atoms. The number of aromatic nitrogens is 2. The van der Waals surface area contributed by atoms with E-state index in [0.717, 1.165) is 4.57 Å². The lowest BCUT2D eigenvalue weighted by atomic mass is 10.1. The van der Waals surface area contributed by atoms with Crippen molar-refractivity contribution in [2.75, 3.05) is 0 Å². The van der Waals surface area contributed by atoms with Crippen LogP contribution < -0.4 is 10.9 Å². The minimum Gasteiger partial charge on any atom is -0.451 e. The first kappa shape index (κ1) is 21.8. The molecule has 0 aliphatic heterocycles. The predicted molar refractivity (Wildman–Crippen MR) is 115 cm³/mol. The summed E-state index contributed by atoms with van der Waals surface area (Å²) in [6.07, 6.45) is 0.219. The Kier molecular flexibility index (Phi) is 6.74. The number of carbonyl (C=O) groups excluding carboxylic acids is 2. The van der Waals surface area contributed by atoms with Gasteiger partial charge in [-0.3, -0.25) is 19.0 Å². The van der Waals surface area contributed by atoms with Crippen LogP contribution in [0, 0.1) is 0 Å². The van der Waals surface area contributed by atoms with Crippen molar-refractivity contribution in [2.24, 2.45) is 0 Å². The van der Waals surface area contributed by atoms with E-state index in [9.17, 15) is 14.4 Å². The third kappa shape index (κ3) is 4.98. The first-order chi connectivity index (χ1) is 14.3. The zero-order chi connectivity index (χ0) is 21.8. The summed E-state index contributed by atoms with van der Waals surface area (Å²) in [6, 6.07) is 11.4. The van der Waals surface area contributed by atoms with E-state index >= 15 is 0 Å². The van der Waals surface area contributed by atoms with Gasteiger partial charge in [-0.05, 0) is 43.7 Å². The van der Waals surface area contributed by atoms with Crippen molar-refractivity contribution < 1.29 is 14.3 Å². The summed E-state index contributed by atoms with van der Waals surface area (Å²) in [5.74, 6) is -1.22. The van der Waals surface area contributed by atoms with Gasteiger partial charge < -0.3 is 10.1 Å². The number of nitrogens with zero attached hydrogens (tertiary/aromatic N) is 2. The maximum atomic E-state index is 12.5. The first-order valence-electron chi connectivity index (χ1n) is 9.15. The molecule has 7 nitrogen and oxygen atoms in total. The van der Waals surface area contributed by atoms with Gasteiger partial charge in [0.25, 0.3) is 11.5 Å². The predicted octanol–water partition coefficient (Wildman–Crippen LogP) is 3.51. The molecule has 2 aromatic carbocycles. The Morgan fingerprint density at radius 1 is 1.17 bits per heavy atom. The van der Waals surface area contributed by atoms with Gasteiger partial charge in [-0.1, -0.05) is 41.4 Å². The summed E-state index contributed by atoms with van der Waals surface area (Å²) in [5, 5.41) is 4.04. The maximum Gasteiger partial charge on any atom is 0.326 e. The summed E-state index contributed by atoms with van der Waals surface area (Å²) >= 11 is 12.0. The maximum absolute atomic E-state index is 12.5. The lowest BCUT2D eigenvalue weighted by Gasteiger charge is -2.19. The number of carbonyl (C=O) groups is 2. The number of fused-ring (bicyclic) bond motifs is 1. The highest BCUT2D eigenvalue weighted by molar-refractivity contribution is 6.35. The fourth-order valence-electron chi connectivity index (χ4n) is 2.91. The van der Waals surface area contributed by atoms with E-state index in [-0.39, 0.29) is 12.1 Å². The molecule has 1 N–H and O–H groups in total. The Bertz CT molecular complexity index is 1160. The van der Waals surface area contributed by atoms with Crippen LogP contribution in [0.2, 0.25) is 10.0 Å². The van der Waals surface area contributed by atoms with Gasteiger partial charge in [-0.2, -0.15) is 0 Å². The van der Waals surface area contributed by atoms with Gasteiger partial charge in [0.05, 0.1) is 23.3 Å². The monoisotopic (exact) mass is 447 g/mol. The number of halogens is 2. The normalized spacial score (nSPS) is 12.9. The van der Waals surface area contributed by atoms with Crippen molar-refractivity contribution in [3.8, 4) is 0 Å². The van der Waals surface area contributed by atoms with Crippen LogP contribution in [0.4, 0.5) is 0 Å². The number of amides is 1. The third-order valence-electron chi connectivity index (χ3n) is 4.50. The average molecular weight is 448 g/mol. The largest absolute Gasteiger partial charge is 0.451 e. The molecule has 0 spiro atoms. The fourth-order valence-corrected chi connectivity index (χ4v) is 3.48. The van der Waals surface area contributed by atoms with Crippen molar-refractivity contribution in [1.82, 2.24) is 14.9 Å². The fraction of sp³-hybridized carbons (Fsp3) is 0.238. The van der Waals surface area contributed by atoms with Crippen LogP contribution in [0.15, 0.2) is 53.6 Å². The van der Waals surface area contributed by atoms with E-state index in [1.165, 1.54) is 13.3 Å². The number of esters is 1. The SMILES string of the molecule is CC(OC(=O)Cn1cnc2ccccc2c1=O)C(=O)NC(C)c1ccc(Cl)cc1Cl. The first-order valence-corrected chi connectivity index (χ1v) is 9.91. The summed E-state index contributed by atoms with van der Waals surface area (Å²) in [6.45, 7) is 2.85. The van der Waals surface area contributed by atoms with Crippen LogP contribution >= 0.6 is 23.2 Å². The zero-order valence-corrected chi connectivity index (χ0v) is 17.8.